The smallest absolute Gasteiger partial charge is 0.243 e. The minimum atomic E-state index is 0.755. The van der Waals surface area contributed by atoms with Gasteiger partial charge in [-0.05, 0) is 38.0 Å². The normalized spacial score (nSPS) is 11.2. The van der Waals surface area contributed by atoms with Crippen molar-refractivity contribution in [2.75, 3.05) is 0 Å². The Morgan fingerprint density at radius 1 is 1.04 bits per heavy atom. The number of para-hydroxylation sites is 1. The van der Waals surface area contributed by atoms with Crippen molar-refractivity contribution >= 4 is 10.9 Å². The summed E-state index contributed by atoms with van der Waals surface area (Å²) >= 11 is 0. The minimum absolute atomic E-state index is 0.755. The summed E-state index contributed by atoms with van der Waals surface area (Å²) in [5.74, 6) is 0. The third-order valence-corrected chi connectivity index (χ3v) is 4.57. The molecule has 0 spiro atoms. The topological polar surface area (TPSA) is 21.7 Å². The number of aryl methyl sites for hydroxylation is 3. The molecule has 0 fully saturated rings. The Kier molecular flexibility index (Phi) is 3.85. The highest BCUT2D eigenvalue weighted by atomic mass is 15.1. The fraction of sp³-hybridized carbons (Fsp3) is 0.182. The van der Waals surface area contributed by atoms with Crippen molar-refractivity contribution in [3.63, 3.8) is 0 Å². The molecule has 0 radical (unpaired) electrons. The average Bonchev–Trinajstić information content (AvgIpc) is 3.02. The third kappa shape index (κ3) is 2.93. The van der Waals surface area contributed by atoms with E-state index in [9.17, 15) is 0 Å². The predicted octanol–water partition coefficient (Wildman–Crippen LogP) is 4.09. The lowest BCUT2D eigenvalue weighted by atomic mass is 10.1. The van der Waals surface area contributed by atoms with Crippen LogP contribution < -0.4 is 4.57 Å². The molecule has 3 heteroatoms. The van der Waals surface area contributed by atoms with Crippen LogP contribution in [0.25, 0.3) is 16.6 Å². The Hall–Kier alpha value is -2.94. The summed E-state index contributed by atoms with van der Waals surface area (Å²) in [6, 6.07) is 14.8. The molecule has 124 valence electrons. The molecule has 0 saturated heterocycles. The minimum Gasteiger partial charge on any atom is -0.326 e. The molecule has 4 aromatic rings. The quantitative estimate of drug-likeness (QED) is 0.410. The Morgan fingerprint density at radius 3 is 2.60 bits per heavy atom. The molecule has 3 nitrogen and oxygen atoms in total. The molecular weight excluding hydrogens is 306 g/mol. The maximum atomic E-state index is 4.55. The van der Waals surface area contributed by atoms with Gasteiger partial charge >= 0.3 is 0 Å². The van der Waals surface area contributed by atoms with E-state index in [0.29, 0.717) is 0 Å². The van der Waals surface area contributed by atoms with E-state index >= 15 is 0 Å². The number of nitrogens with zero attached hydrogens (tertiary/aromatic N) is 3. The number of rotatable bonds is 3. The van der Waals surface area contributed by atoms with Crippen LogP contribution in [0.15, 0.2) is 61.1 Å². The number of imidazole rings is 1. The van der Waals surface area contributed by atoms with Crippen LogP contribution in [0, 0.1) is 27.1 Å². The van der Waals surface area contributed by atoms with Gasteiger partial charge in [0.25, 0.3) is 0 Å². The number of benzene rings is 2. The first-order valence-electron chi connectivity index (χ1n) is 8.53. The van der Waals surface area contributed by atoms with Crippen molar-refractivity contribution in [2.45, 2.75) is 27.3 Å². The Bertz CT molecular complexity index is 1030. The SMILES string of the molecule is Cc1cc(C)c(-[n+]2[c-]n(Cc3cccc4cccnc34)cc2)c(C)c1. The molecule has 0 amide bonds. The van der Waals surface area contributed by atoms with E-state index in [1.54, 1.807) is 0 Å². The van der Waals surface area contributed by atoms with E-state index in [1.807, 2.05) is 12.3 Å². The first kappa shape index (κ1) is 15.6. The van der Waals surface area contributed by atoms with Gasteiger partial charge in [0.1, 0.15) is 0 Å². The van der Waals surface area contributed by atoms with Crippen LogP contribution >= 0.6 is 0 Å². The van der Waals surface area contributed by atoms with Crippen molar-refractivity contribution in [1.82, 2.24) is 9.55 Å². The van der Waals surface area contributed by atoms with Gasteiger partial charge in [-0.3, -0.25) is 4.98 Å². The molecule has 2 aromatic carbocycles. The van der Waals surface area contributed by atoms with Crippen LogP contribution in [0.4, 0.5) is 0 Å². The van der Waals surface area contributed by atoms with Gasteiger partial charge in [-0.1, -0.05) is 42.0 Å². The second-order valence-electron chi connectivity index (χ2n) is 6.64. The fourth-order valence-electron chi connectivity index (χ4n) is 3.60. The molecule has 4 rings (SSSR count). The Morgan fingerprint density at radius 2 is 1.80 bits per heavy atom. The van der Waals surface area contributed by atoms with Crippen molar-refractivity contribution in [2.24, 2.45) is 0 Å². The lowest BCUT2D eigenvalue weighted by Gasteiger charge is -2.12. The molecule has 0 atom stereocenters. The molecule has 0 N–H and O–H groups in total. The maximum Gasteiger partial charge on any atom is 0.243 e. The lowest BCUT2D eigenvalue weighted by molar-refractivity contribution is -0.600. The van der Waals surface area contributed by atoms with Crippen LogP contribution in [0.5, 0.6) is 0 Å². The molecule has 0 aliphatic rings. The van der Waals surface area contributed by atoms with Crippen LogP contribution in [0.1, 0.15) is 22.3 Å². The summed E-state index contributed by atoms with van der Waals surface area (Å²) < 4.78 is 4.17. The molecular formula is C22H21N3. The van der Waals surface area contributed by atoms with Gasteiger partial charge < -0.3 is 9.13 Å². The van der Waals surface area contributed by atoms with E-state index in [1.165, 1.54) is 33.3 Å². The zero-order valence-electron chi connectivity index (χ0n) is 14.8. The van der Waals surface area contributed by atoms with Crippen molar-refractivity contribution in [3.05, 3.63) is 89.6 Å². The van der Waals surface area contributed by atoms with Gasteiger partial charge in [-0.15, -0.1) is 0 Å². The summed E-state index contributed by atoms with van der Waals surface area (Å²) in [4.78, 5) is 4.55. The molecule has 2 aromatic heterocycles. The second kappa shape index (κ2) is 6.17. The molecule has 0 unspecified atom stereocenters. The number of fused-ring (bicyclic) bond motifs is 1. The van der Waals surface area contributed by atoms with E-state index < -0.39 is 0 Å². The maximum absolute atomic E-state index is 4.55. The van der Waals surface area contributed by atoms with E-state index in [2.05, 4.69) is 90.0 Å². The van der Waals surface area contributed by atoms with E-state index in [4.69, 9.17) is 0 Å². The van der Waals surface area contributed by atoms with Crippen LogP contribution in [0.3, 0.4) is 0 Å². The highest BCUT2D eigenvalue weighted by Gasteiger charge is 2.09. The van der Waals surface area contributed by atoms with Gasteiger partial charge in [0.15, 0.2) is 0 Å². The summed E-state index contributed by atoms with van der Waals surface area (Å²) in [5.41, 5.74) is 7.29. The zero-order valence-corrected chi connectivity index (χ0v) is 14.8. The van der Waals surface area contributed by atoms with Gasteiger partial charge in [0, 0.05) is 29.5 Å². The van der Waals surface area contributed by atoms with E-state index in [0.717, 1.165) is 12.1 Å². The number of pyridine rings is 1. The second-order valence-corrected chi connectivity index (χ2v) is 6.64. The van der Waals surface area contributed by atoms with Crippen LogP contribution in [0.2, 0.25) is 0 Å². The first-order valence-corrected chi connectivity index (χ1v) is 8.53. The summed E-state index contributed by atoms with van der Waals surface area (Å²) in [7, 11) is 0. The molecule has 0 saturated carbocycles. The Balaban J connectivity index is 1.71. The lowest BCUT2D eigenvalue weighted by Crippen LogP contribution is -2.31. The number of hydrogen-bond acceptors (Lipinski definition) is 1. The van der Waals surface area contributed by atoms with Gasteiger partial charge in [-0.2, -0.15) is 0 Å². The molecule has 2 heterocycles. The zero-order chi connectivity index (χ0) is 17.4. The van der Waals surface area contributed by atoms with E-state index in [-0.39, 0.29) is 0 Å². The van der Waals surface area contributed by atoms with Gasteiger partial charge in [0.05, 0.1) is 17.7 Å². The highest BCUT2D eigenvalue weighted by molar-refractivity contribution is 5.81. The largest absolute Gasteiger partial charge is 0.326 e. The van der Waals surface area contributed by atoms with Crippen LogP contribution in [-0.4, -0.2) is 9.55 Å². The standard InChI is InChI=1S/C22H21N3/c1-16-12-17(2)22(18(3)13-16)25-11-10-24(15-25)14-20-7-4-6-19-8-5-9-23-21(19)20/h4-13H,14H2,1-3H3. The third-order valence-electron chi connectivity index (χ3n) is 4.57. The molecule has 0 aliphatic carbocycles. The van der Waals surface area contributed by atoms with Gasteiger partial charge in [0.2, 0.25) is 6.33 Å². The number of aromatic nitrogens is 3. The fourth-order valence-corrected chi connectivity index (χ4v) is 3.60. The first-order chi connectivity index (χ1) is 12.1. The van der Waals surface area contributed by atoms with Crippen LogP contribution in [-0.2, 0) is 6.54 Å². The molecule has 0 bridgehead atoms. The highest BCUT2D eigenvalue weighted by Crippen LogP contribution is 2.18. The van der Waals surface area contributed by atoms with Crippen molar-refractivity contribution < 1.29 is 4.57 Å². The summed E-state index contributed by atoms with van der Waals surface area (Å²) in [6.07, 6.45) is 9.44. The van der Waals surface area contributed by atoms with Crippen molar-refractivity contribution in [1.29, 1.82) is 0 Å². The number of hydrogen-bond donors (Lipinski definition) is 0. The average molecular weight is 327 g/mol. The van der Waals surface area contributed by atoms with Gasteiger partial charge in [-0.25, -0.2) is 0 Å². The monoisotopic (exact) mass is 327 g/mol. The summed E-state index contributed by atoms with van der Waals surface area (Å²) in [6.45, 7) is 7.20. The summed E-state index contributed by atoms with van der Waals surface area (Å²) in [5, 5.41) is 1.17. The Labute approximate surface area is 148 Å². The van der Waals surface area contributed by atoms with Crippen molar-refractivity contribution in [3.8, 4) is 5.69 Å². The molecule has 0 aliphatic heterocycles. The molecule has 25 heavy (non-hydrogen) atoms. The predicted molar refractivity (Wildman–Crippen MR) is 99.9 cm³/mol.